The fourth-order valence-corrected chi connectivity index (χ4v) is 1.76. The van der Waals surface area contributed by atoms with Crippen LogP contribution < -0.4 is 9.47 Å². The van der Waals surface area contributed by atoms with Gasteiger partial charge in [-0.15, -0.1) is 0 Å². The number of alkyl halides is 3. The number of hydrogen-bond donors (Lipinski definition) is 0. The number of ether oxygens (including phenoxy) is 2. The fraction of sp³-hybridized carbons (Fsp3) is 0.333. The van der Waals surface area contributed by atoms with E-state index in [1.165, 1.54) is 0 Å². The first-order valence-corrected chi connectivity index (χ1v) is 4.87. The molecular weight excluding hydrogens is 248 g/mol. The van der Waals surface area contributed by atoms with Gasteiger partial charge in [-0.2, -0.15) is 13.2 Å². The molecule has 0 N–H and O–H groups in total. The molecule has 0 saturated carbocycles. The van der Waals surface area contributed by atoms with E-state index in [1.54, 1.807) is 0 Å². The van der Waals surface area contributed by atoms with Crippen molar-refractivity contribution in [3.8, 4) is 11.5 Å². The molecule has 0 aliphatic heterocycles. The minimum atomic E-state index is -4.46. The Hall–Kier alpha value is -1.11. The van der Waals surface area contributed by atoms with Crippen LogP contribution in [0.3, 0.4) is 0 Å². The van der Waals surface area contributed by atoms with Gasteiger partial charge in [0.2, 0.25) is 0 Å². The molecule has 1 aromatic rings. The Morgan fingerprint density at radius 1 is 1.06 bits per heavy atom. The molecule has 0 saturated heterocycles. The van der Waals surface area contributed by atoms with Gasteiger partial charge in [-0.3, -0.25) is 0 Å². The molecule has 90 valence electrons. The second-order valence-corrected chi connectivity index (χ2v) is 3.77. The van der Waals surface area contributed by atoms with Crippen LogP contribution in [0.2, 0.25) is 0 Å². The van der Waals surface area contributed by atoms with Crippen LogP contribution in [0.5, 0.6) is 11.5 Å². The zero-order chi connectivity index (χ0) is 12.3. The molecule has 16 heavy (non-hydrogen) atoms. The molecule has 0 aromatic heterocycles. The van der Waals surface area contributed by atoms with Gasteiger partial charge in [0.05, 0.1) is 19.1 Å². The number of benzene rings is 1. The van der Waals surface area contributed by atoms with Gasteiger partial charge < -0.3 is 9.47 Å². The molecule has 2 nitrogen and oxygen atoms in total. The Morgan fingerprint density at radius 2 is 1.62 bits per heavy atom. The summed E-state index contributed by atoms with van der Waals surface area (Å²) in [5.41, 5.74) is -4.46. The Balaban J connectivity index is 3.19. The molecule has 1 aromatic carbocycles. The highest BCUT2D eigenvalue weighted by atomic mass is 32.2. The Labute approximate surface area is 93.5 Å². The van der Waals surface area contributed by atoms with E-state index in [4.69, 9.17) is 4.74 Å². The summed E-state index contributed by atoms with van der Waals surface area (Å²) in [6.07, 6.45) is 0. The number of thioether (sulfide) groups is 1. The van der Waals surface area contributed by atoms with Crippen molar-refractivity contribution in [1.82, 2.24) is 0 Å². The Bertz CT molecular complexity index is 379. The molecule has 7 heteroatoms. The number of methoxy groups -OCH3 is 2. The van der Waals surface area contributed by atoms with Crippen LogP contribution in [-0.2, 0) is 0 Å². The Kier molecular flexibility index (Phi) is 3.90. The molecule has 0 amide bonds. The van der Waals surface area contributed by atoms with Gasteiger partial charge in [0.1, 0.15) is 0 Å². The third-order valence-corrected chi connectivity index (χ3v) is 2.43. The van der Waals surface area contributed by atoms with Crippen LogP contribution in [0.1, 0.15) is 0 Å². The zero-order valence-electron chi connectivity index (χ0n) is 8.39. The highest BCUT2D eigenvalue weighted by Gasteiger charge is 2.32. The normalized spacial score (nSPS) is 11.4. The van der Waals surface area contributed by atoms with E-state index >= 15 is 0 Å². The Morgan fingerprint density at radius 3 is 2.06 bits per heavy atom. The predicted octanol–water partition coefficient (Wildman–Crippen LogP) is 3.45. The van der Waals surface area contributed by atoms with Crippen LogP contribution in [0, 0.1) is 5.82 Å². The van der Waals surface area contributed by atoms with Gasteiger partial charge >= 0.3 is 5.51 Å². The van der Waals surface area contributed by atoms with Crippen LogP contribution >= 0.6 is 11.8 Å². The highest BCUT2D eigenvalue weighted by molar-refractivity contribution is 8.00. The van der Waals surface area contributed by atoms with Gasteiger partial charge in [0.25, 0.3) is 0 Å². The lowest BCUT2D eigenvalue weighted by Crippen LogP contribution is -2.02. The van der Waals surface area contributed by atoms with Crippen molar-refractivity contribution in [2.75, 3.05) is 14.2 Å². The molecule has 0 heterocycles. The smallest absolute Gasteiger partial charge is 0.446 e. The molecule has 0 aliphatic rings. The summed E-state index contributed by atoms with van der Waals surface area (Å²) in [5, 5.41) is 0. The molecule has 0 fully saturated rings. The van der Waals surface area contributed by atoms with Crippen molar-refractivity contribution in [2.45, 2.75) is 10.4 Å². The van der Waals surface area contributed by atoms with E-state index in [2.05, 4.69) is 4.74 Å². The van der Waals surface area contributed by atoms with Gasteiger partial charge in [-0.05, 0) is 23.9 Å². The van der Waals surface area contributed by atoms with E-state index in [0.29, 0.717) is 0 Å². The van der Waals surface area contributed by atoms with E-state index in [9.17, 15) is 17.6 Å². The lowest BCUT2D eigenvalue weighted by molar-refractivity contribution is -0.0329. The fourth-order valence-electron chi connectivity index (χ4n) is 1.11. The van der Waals surface area contributed by atoms with E-state index in [1.807, 2.05) is 0 Å². The first kappa shape index (κ1) is 13.0. The summed E-state index contributed by atoms with van der Waals surface area (Å²) < 4.78 is 59.0. The minimum absolute atomic E-state index is 0.242. The molecule has 0 atom stereocenters. The number of rotatable bonds is 3. The molecule has 0 bridgehead atoms. The number of halogens is 4. The summed E-state index contributed by atoms with van der Waals surface area (Å²) in [5.74, 6) is -1.37. The van der Waals surface area contributed by atoms with E-state index in [0.717, 1.165) is 26.4 Å². The topological polar surface area (TPSA) is 18.5 Å². The summed E-state index contributed by atoms with van der Waals surface area (Å²) in [4.78, 5) is -0.242. The van der Waals surface area contributed by atoms with Crippen LogP contribution in [0.15, 0.2) is 17.0 Å². The number of hydrogen-bond acceptors (Lipinski definition) is 3. The van der Waals surface area contributed by atoms with Gasteiger partial charge in [-0.25, -0.2) is 4.39 Å². The van der Waals surface area contributed by atoms with Crippen molar-refractivity contribution in [3.63, 3.8) is 0 Å². The van der Waals surface area contributed by atoms with Crippen LogP contribution in [-0.4, -0.2) is 19.7 Å². The molecule has 0 radical (unpaired) electrons. The summed E-state index contributed by atoms with van der Waals surface area (Å²) in [6.45, 7) is 0. The summed E-state index contributed by atoms with van der Waals surface area (Å²) in [7, 11) is 2.31. The SMILES string of the molecule is COc1c(F)ccc(SC(F)(F)F)c1OC. The van der Waals surface area contributed by atoms with Gasteiger partial charge in [-0.1, -0.05) is 0 Å². The third kappa shape index (κ3) is 2.94. The molecular formula is C9H8F4O2S. The zero-order valence-corrected chi connectivity index (χ0v) is 9.21. The van der Waals surface area contributed by atoms with Crippen molar-refractivity contribution >= 4 is 11.8 Å². The standard InChI is InChI=1S/C9H8F4O2S/c1-14-7-5(10)3-4-6(8(7)15-2)16-9(11,12)13/h3-4H,1-2H3. The maximum absolute atomic E-state index is 13.2. The van der Waals surface area contributed by atoms with Crippen LogP contribution in [0.4, 0.5) is 17.6 Å². The van der Waals surface area contributed by atoms with Gasteiger partial charge in [0, 0.05) is 0 Å². The third-order valence-electron chi connectivity index (χ3n) is 1.66. The van der Waals surface area contributed by atoms with E-state index in [-0.39, 0.29) is 28.2 Å². The second kappa shape index (κ2) is 4.82. The second-order valence-electron chi connectivity index (χ2n) is 2.66. The molecule has 0 aliphatic carbocycles. The van der Waals surface area contributed by atoms with Crippen molar-refractivity contribution < 1.29 is 27.0 Å². The van der Waals surface area contributed by atoms with Crippen molar-refractivity contribution in [1.29, 1.82) is 0 Å². The van der Waals surface area contributed by atoms with E-state index < -0.39 is 11.3 Å². The monoisotopic (exact) mass is 256 g/mol. The molecule has 1 rings (SSSR count). The lowest BCUT2D eigenvalue weighted by Gasteiger charge is -2.13. The summed E-state index contributed by atoms with van der Waals surface area (Å²) >= 11 is -0.381. The maximum atomic E-state index is 13.2. The average Bonchev–Trinajstić information content (AvgIpc) is 2.18. The minimum Gasteiger partial charge on any atom is -0.492 e. The predicted molar refractivity (Wildman–Crippen MR) is 51.4 cm³/mol. The van der Waals surface area contributed by atoms with Gasteiger partial charge in [0.15, 0.2) is 17.3 Å². The first-order chi connectivity index (χ1) is 7.39. The maximum Gasteiger partial charge on any atom is 0.446 e. The molecule has 0 spiro atoms. The van der Waals surface area contributed by atoms with Crippen molar-refractivity contribution in [2.24, 2.45) is 0 Å². The lowest BCUT2D eigenvalue weighted by atomic mass is 10.3. The van der Waals surface area contributed by atoms with Crippen LogP contribution in [0.25, 0.3) is 0 Å². The van der Waals surface area contributed by atoms with Crippen molar-refractivity contribution in [3.05, 3.63) is 17.9 Å². The largest absolute Gasteiger partial charge is 0.492 e. The average molecular weight is 256 g/mol. The first-order valence-electron chi connectivity index (χ1n) is 4.05. The molecule has 0 unspecified atom stereocenters. The summed E-state index contributed by atoms with van der Waals surface area (Å²) in [6, 6.07) is 1.89. The quantitative estimate of drug-likeness (QED) is 0.609. The highest BCUT2D eigenvalue weighted by Crippen LogP contribution is 2.45.